The number of benzene rings is 1. The molecule has 0 aromatic heterocycles. The molecular weight excluding hydrogens is 386 g/mol. The Morgan fingerprint density at radius 3 is 2.50 bits per heavy atom. The third-order valence-corrected chi connectivity index (χ3v) is 6.59. The Morgan fingerprint density at radius 1 is 1.13 bits per heavy atom. The number of nitrogens with one attached hydrogen (secondary N) is 1. The van der Waals surface area contributed by atoms with Crippen LogP contribution in [0.4, 0.5) is 10.5 Å². The maximum absolute atomic E-state index is 13.5. The van der Waals surface area contributed by atoms with Crippen LogP contribution in [0.15, 0.2) is 18.2 Å². The van der Waals surface area contributed by atoms with Gasteiger partial charge in [-0.2, -0.15) is 0 Å². The molecule has 162 valence electrons. The van der Waals surface area contributed by atoms with E-state index >= 15 is 0 Å². The molecule has 0 atom stereocenters. The first-order valence-corrected chi connectivity index (χ1v) is 10.8. The van der Waals surface area contributed by atoms with Crippen molar-refractivity contribution in [1.82, 2.24) is 10.2 Å². The van der Waals surface area contributed by atoms with E-state index in [2.05, 4.69) is 5.32 Å². The highest BCUT2D eigenvalue weighted by molar-refractivity contribution is 6.10. The van der Waals surface area contributed by atoms with Crippen molar-refractivity contribution in [2.45, 2.75) is 70.4 Å². The average Bonchev–Trinajstić information content (AvgIpc) is 3.32. The maximum Gasteiger partial charge on any atom is 0.325 e. The normalized spacial score (nSPS) is 20.4. The van der Waals surface area contributed by atoms with Crippen LogP contribution in [0.3, 0.4) is 0 Å². The molecule has 0 spiro atoms. The summed E-state index contributed by atoms with van der Waals surface area (Å²) in [5, 5.41) is 2.79. The zero-order valence-corrected chi connectivity index (χ0v) is 17.6. The number of urea groups is 1. The quantitative estimate of drug-likeness (QED) is 0.721. The van der Waals surface area contributed by atoms with Crippen molar-refractivity contribution < 1.29 is 23.9 Å². The van der Waals surface area contributed by atoms with Gasteiger partial charge in [0.05, 0.1) is 0 Å². The van der Waals surface area contributed by atoms with Gasteiger partial charge in [0.25, 0.3) is 5.91 Å². The van der Waals surface area contributed by atoms with Crippen molar-refractivity contribution in [2.24, 2.45) is 0 Å². The molecule has 1 saturated carbocycles. The Hall–Kier alpha value is -2.77. The lowest BCUT2D eigenvalue weighted by atomic mass is 9.93. The first-order valence-electron chi connectivity index (χ1n) is 10.8. The van der Waals surface area contributed by atoms with Gasteiger partial charge in [0.15, 0.2) is 11.5 Å². The van der Waals surface area contributed by atoms with Gasteiger partial charge < -0.3 is 19.7 Å². The zero-order chi connectivity index (χ0) is 21.3. The predicted octanol–water partition coefficient (Wildman–Crippen LogP) is 3.19. The third kappa shape index (κ3) is 3.48. The fraction of sp³-hybridized carbons (Fsp3) is 0.591. The molecule has 4 amide bonds. The summed E-state index contributed by atoms with van der Waals surface area (Å²) in [6.07, 6.45) is 6.04. The standard InChI is InChI=1S/C22H29N3O5/c1-3-22(4-2)20(27)24(21(28)23-22)13-19(26)25(15-8-6-5-7-9-15)16-10-11-17-18(12-16)30-14-29-17/h10-12,15H,3-9,13-14H2,1-2H3,(H,23,28). The average molecular weight is 415 g/mol. The summed E-state index contributed by atoms with van der Waals surface area (Å²) >= 11 is 0. The number of rotatable bonds is 6. The minimum Gasteiger partial charge on any atom is -0.454 e. The molecule has 0 radical (unpaired) electrons. The van der Waals surface area contributed by atoms with E-state index in [0.29, 0.717) is 30.0 Å². The number of carbonyl (C=O) groups is 3. The predicted molar refractivity (Wildman–Crippen MR) is 110 cm³/mol. The van der Waals surface area contributed by atoms with Crippen LogP contribution in [0.25, 0.3) is 0 Å². The molecule has 3 aliphatic rings. The number of imide groups is 1. The molecule has 0 bridgehead atoms. The number of hydrogen-bond acceptors (Lipinski definition) is 5. The van der Waals surface area contributed by atoms with E-state index in [4.69, 9.17) is 9.47 Å². The van der Waals surface area contributed by atoms with Gasteiger partial charge in [-0.1, -0.05) is 33.1 Å². The summed E-state index contributed by atoms with van der Waals surface area (Å²) in [4.78, 5) is 41.8. The Bertz CT molecular complexity index is 845. The molecule has 30 heavy (non-hydrogen) atoms. The monoisotopic (exact) mass is 415 g/mol. The van der Waals surface area contributed by atoms with Crippen molar-refractivity contribution in [2.75, 3.05) is 18.2 Å². The van der Waals surface area contributed by atoms with Crippen molar-refractivity contribution in [3.63, 3.8) is 0 Å². The Morgan fingerprint density at radius 2 is 1.83 bits per heavy atom. The van der Waals surface area contributed by atoms with Crippen LogP contribution in [0.2, 0.25) is 0 Å². The molecular formula is C22H29N3O5. The van der Waals surface area contributed by atoms with E-state index in [1.54, 1.807) is 11.0 Å². The lowest BCUT2D eigenvalue weighted by molar-refractivity contribution is -0.134. The summed E-state index contributed by atoms with van der Waals surface area (Å²) in [7, 11) is 0. The van der Waals surface area contributed by atoms with Crippen LogP contribution in [-0.2, 0) is 9.59 Å². The molecule has 0 unspecified atom stereocenters. The highest BCUT2D eigenvalue weighted by Gasteiger charge is 2.49. The van der Waals surface area contributed by atoms with Crippen LogP contribution in [-0.4, -0.2) is 47.7 Å². The Labute approximate surface area is 176 Å². The number of fused-ring (bicyclic) bond motifs is 1. The second-order valence-corrected chi connectivity index (χ2v) is 8.20. The molecule has 1 N–H and O–H groups in total. The first kappa shape index (κ1) is 20.5. The highest BCUT2D eigenvalue weighted by Crippen LogP contribution is 2.37. The smallest absolute Gasteiger partial charge is 0.325 e. The summed E-state index contributed by atoms with van der Waals surface area (Å²) in [5.41, 5.74) is -0.202. The lowest BCUT2D eigenvalue weighted by Crippen LogP contribution is -2.49. The van der Waals surface area contributed by atoms with Gasteiger partial charge in [0.1, 0.15) is 12.1 Å². The van der Waals surface area contributed by atoms with Gasteiger partial charge in [0, 0.05) is 17.8 Å². The van der Waals surface area contributed by atoms with Gasteiger partial charge >= 0.3 is 6.03 Å². The van der Waals surface area contributed by atoms with Crippen LogP contribution in [0.5, 0.6) is 11.5 Å². The summed E-state index contributed by atoms with van der Waals surface area (Å²) < 4.78 is 10.9. The molecule has 1 aromatic rings. The number of hydrogen-bond donors (Lipinski definition) is 1. The number of ether oxygens (including phenoxy) is 2. The van der Waals surface area contributed by atoms with E-state index in [1.165, 1.54) is 0 Å². The molecule has 2 fully saturated rings. The van der Waals surface area contributed by atoms with Crippen LogP contribution in [0, 0.1) is 0 Å². The number of amides is 4. The van der Waals surface area contributed by atoms with E-state index in [1.807, 2.05) is 26.0 Å². The largest absolute Gasteiger partial charge is 0.454 e. The maximum atomic E-state index is 13.5. The van der Waals surface area contributed by atoms with Crippen molar-refractivity contribution in [1.29, 1.82) is 0 Å². The van der Waals surface area contributed by atoms with E-state index in [0.717, 1.165) is 37.0 Å². The van der Waals surface area contributed by atoms with Crippen LogP contribution < -0.4 is 19.7 Å². The molecule has 4 rings (SSSR count). The number of nitrogens with zero attached hydrogens (tertiary/aromatic N) is 2. The van der Waals surface area contributed by atoms with Gasteiger partial charge in [-0.05, 0) is 37.8 Å². The number of anilines is 1. The van der Waals surface area contributed by atoms with Crippen molar-refractivity contribution >= 4 is 23.5 Å². The summed E-state index contributed by atoms with van der Waals surface area (Å²) in [6, 6.07) is 4.99. The fourth-order valence-electron chi connectivity index (χ4n) is 4.69. The van der Waals surface area contributed by atoms with E-state index in [9.17, 15) is 14.4 Å². The zero-order valence-electron chi connectivity index (χ0n) is 17.6. The highest BCUT2D eigenvalue weighted by atomic mass is 16.7. The second-order valence-electron chi connectivity index (χ2n) is 8.20. The molecule has 8 nitrogen and oxygen atoms in total. The minimum atomic E-state index is -0.911. The third-order valence-electron chi connectivity index (χ3n) is 6.59. The Balaban J connectivity index is 1.60. The molecule has 8 heteroatoms. The second kappa shape index (κ2) is 8.16. The fourth-order valence-corrected chi connectivity index (χ4v) is 4.69. The molecule has 1 aliphatic carbocycles. The van der Waals surface area contributed by atoms with E-state index < -0.39 is 11.6 Å². The van der Waals surface area contributed by atoms with Crippen LogP contribution >= 0.6 is 0 Å². The van der Waals surface area contributed by atoms with Gasteiger partial charge in [0.2, 0.25) is 12.7 Å². The SMILES string of the molecule is CCC1(CC)NC(=O)N(CC(=O)N(c2ccc3c(c2)OCO3)C2CCCCC2)C1=O. The molecule has 1 saturated heterocycles. The van der Waals surface area contributed by atoms with Gasteiger partial charge in [-0.15, -0.1) is 0 Å². The molecule has 2 aliphatic heterocycles. The van der Waals surface area contributed by atoms with E-state index in [-0.39, 0.29) is 31.2 Å². The summed E-state index contributed by atoms with van der Waals surface area (Å²) in [5.74, 6) is 0.680. The molecule has 2 heterocycles. The summed E-state index contributed by atoms with van der Waals surface area (Å²) in [6.45, 7) is 3.63. The van der Waals surface area contributed by atoms with Crippen LogP contribution in [0.1, 0.15) is 58.8 Å². The first-order chi connectivity index (χ1) is 14.5. The number of carbonyl (C=O) groups excluding carboxylic acids is 3. The minimum absolute atomic E-state index is 0.0366. The lowest BCUT2D eigenvalue weighted by Gasteiger charge is -2.35. The Kier molecular flexibility index (Phi) is 5.58. The van der Waals surface area contributed by atoms with Crippen molar-refractivity contribution in [3.05, 3.63) is 18.2 Å². The van der Waals surface area contributed by atoms with Crippen molar-refractivity contribution in [3.8, 4) is 11.5 Å². The van der Waals surface area contributed by atoms with Gasteiger partial charge in [-0.25, -0.2) is 4.79 Å². The molecule has 1 aromatic carbocycles. The topological polar surface area (TPSA) is 88.2 Å². The van der Waals surface area contributed by atoms with Gasteiger partial charge in [-0.3, -0.25) is 14.5 Å².